The highest BCUT2D eigenvalue weighted by molar-refractivity contribution is 14.1. The Bertz CT molecular complexity index is 452. The van der Waals surface area contributed by atoms with Crippen molar-refractivity contribution < 1.29 is 0 Å². The number of aromatic nitrogens is 2. The van der Waals surface area contributed by atoms with Gasteiger partial charge in [0, 0.05) is 0 Å². The fourth-order valence-electron chi connectivity index (χ4n) is 1.01. The Kier molecular flexibility index (Phi) is 8.28. The van der Waals surface area contributed by atoms with Crippen LogP contribution in [-0.4, -0.2) is 22.5 Å². The molecule has 0 aliphatic rings. The first-order chi connectivity index (χ1) is 8.65. The second-order valence-corrected chi connectivity index (χ2v) is 6.58. The number of hydrogen-bond donors (Lipinski definition) is 0. The monoisotopic (exact) mass is 454 g/mol. The highest BCUT2D eigenvalue weighted by Crippen LogP contribution is 2.14. The zero-order valence-corrected chi connectivity index (χ0v) is 15.3. The molecule has 2 heterocycles. The first-order valence-corrected chi connectivity index (χ1v) is 9.31. The van der Waals surface area contributed by atoms with Crippen LogP contribution in [0.3, 0.4) is 0 Å². The summed E-state index contributed by atoms with van der Waals surface area (Å²) in [4.78, 5) is 8.41. The standard InChI is InChI=1S/C6H6BrNS.C6H6INS/c2*1-9-6-4-2-3-5(7)8-6/h2*2-4H,1H3. The molecular weight excluding hydrogens is 443 g/mol. The normalized spacial score (nSPS) is 9.56. The van der Waals surface area contributed by atoms with Gasteiger partial charge in [-0.1, -0.05) is 12.1 Å². The van der Waals surface area contributed by atoms with Crippen LogP contribution in [0.25, 0.3) is 0 Å². The van der Waals surface area contributed by atoms with Gasteiger partial charge in [0.15, 0.2) is 0 Å². The van der Waals surface area contributed by atoms with Gasteiger partial charge in [-0.25, -0.2) is 9.97 Å². The summed E-state index contributed by atoms with van der Waals surface area (Å²) in [6.07, 6.45) is 4.03. The maximum Gasteiger partial charge on any atom is 0.107 e. The van der Waals surface area contributed by atoms with Crippen molar-refractivity contribution in [3.05, 3.63) is 44.7 Å². The third kappa shape index (κ3) is 6.40. The SMILES string of the molecule is CSc1cccc(Br)n1.CSc1cccc(I)n1. The Labute approximate surface area is 138 Å². The summed E-state index contributed by atoms with van der Waals surface area (Å²) in [5.74, 6) is 0. The first-order valence-electron chi connectivity index (χ1n) is 4.99. The Balaban J connectivity index is 0.000000180. The molecule has 0 aromatic carbocycles. The van der Waals surface area contributed by atoms with Crippen LogP contribution in [0.4, 0.5) is 0 Å². The zero-order valence-electron chi connectivity index (χ0n) is 9.93. The Morgan fingerprint density at radius 1 is 0.944 bits per heavy atom. The van der Waals surface area contributed by atoms with Crippen LogP contribution in [0.1, 0.15) is 0 Å². The maximum atomic E-state index is 4.24. The predicted molar refractivity (Wildman–Crippen MR) is 92.5 cm³/mol. The predicted octanol–water partition coefficient (Wildman–Crippen LogP) is 4.97. The molecule has 0 unspecified atom stereocenters. The molecule has 2 aromatic rings. The van der Waals surface area contributed by atoms with Crippen molar-refractivity contribution in [1.82, 2.24) is 9.97 Å². The molecule has 2 nitrogen and oxygen atoms in total. The molecule has 2 aromatic heterocycles. The molecule has 0 amide bonds. The molecule has 0 aliphatic carbocycles. The van der Waals surface area contributed by atoms with Gasteiger partial charge in [0.2, 0.25) is 0 Å². The molecule has 0 saturated heterocycles. The van der Waals surface area contributed by atoms with Crippen LogP contribution < -0.4 is 0 Å². The molecule has 18 heavy (non-hydrogen) atoms. The lowest BCUT2D eigenvalue weighted by atomic mass is 10.5. The molecule has 0 N–H and O–H groups in total. The first kappa shape index (κ1) is 16.3. The number of rotatable bonds is 2. The molecule has 0 saturated carbocycles. The molecule has 0 spiro atoms. The van der Waals surface area contributed by atoms with E-state index in [4.69, 9.17) is 0 Å². The summed E-state index contributed by atoms with van der Waals surface area (Å²) in [7, 11) is 0. The average molecular weight is 455 g/mol. The van der Waals surface area contributed by atoms with Gasteiger partial charge in [0.25, 0.3) is 0 Å². The van der Waals surface area contributed by atoms with Crippen LogP contribution >= 0.6 is 62.0 Å². The van der Waals surface area contributed by atoms with Crippen molar-refractivity contribution in [2.24, 2.45) is 0 Å². The van der Waals surface area contributed by atoms with E-state index in [0.29, 0.717) is 0 Å². The van der Waals surface area contributed by atoms with E-state index >= 15 is 0 Å². The van der Waals surface area contributed by atoms with E-state index in [0.717, 1.165) is 18.4 Å². The van der Waals surface area contributed by atoms with Crippen molar-refractivity contribution in [3.8, 4) is 0 Å². The molecule has 0 fully saturated rings. The molecule has 2 rings (SSSR count). The number of hydrogen-bond acceptors (Lipinski definition) is 4. The minimum Gasteiger partial charge on any atom is -0.236 e. The summed E-state index contributed by atoms with van der Waals surface area (Å²) in [6.45, 7) is 0. The topological polar surface area (TPSA) is 25.8 Å². The van der Waals surface area contributed by atoms with Crippen molar-refractivity contribution in [2.45, 2.75) is 10.1 Å². The third-order valence-corrected chi connectivity index (χ3v) is 4.13. The number of halogens is 2. The molecule has 0 bridgehead atoms. The van der Waals surface area contributed by atoms with Gasteiger partial charge in [-0.15, -0.1) is 23.5 Å². The van der Waals surface area contributed by atoms with Crippen LogP contribution in [-0.2, 0) is 0 Å². The molecule has 96 valence electrons. The lowest BCUT2D eigenvalue weighted by Crippen LogP contribution is -1.80. The van der Waals surface area contributed by atoms with E-state index in [9.17, 15) is 0 Å². The van der Waals surface area contributed by atoms with E-state index in [1.807, 2.05) is 48.9 Å². The fraction of sp³-hybridized carbons (Fsp3) is 0.167. The van der Waals surface area contributed by atoms with Gasteiger partial charge in [-0.3, -0.25) is 0 Å². The fourth-order valence-corrected chi connectivity index (χ4v) is 2.91. The van der Waals surface area contributed by atoms with Crippen molar-refractivity contribution in [1.29, 1.82) is 0 Å². The lowest BCUT2D eigenvalue weighted by Gasteiger charge is -1.92. The van der Waals surface area contributed by atoms with Crippen molar-refractivity contribution in [2.75, 3.05) is 12.5 Å². The summed E-state index contributed by atoms with van der Waals surface area (Å²) >= 11 is 8.79. The maximum absolute atomic E-state index is 4.24. The van der Waals surface area contributed by atoms with E-state index in [1.165, 1.54) is 0 Å². The zero-order chi connectivity index (χ0) is 13.4. The number of thioether (sulfide) groups is 2. The molecule has 6 heteroatoms. The minimum atomic E-state index is 0.898. The van der Waals surface area contributed by atoms with Crippen LogP contribution in [0, 0.1) is 3.70 Å². The van der Waals surface area contributed by atoms with E-state index in [1.54, 1.807) is 23.5 Å². The van der Waals surface area contributed by atoms with Crippen LogP contribution in [0.5, 0.6) is 0 Å². The van der Waals surface area contributed by atoms with Gasteiger partial charge < -0.3 is 0 Å². The van der Waals surface area contributed by atoms with Crippen molar-refractivity contribution >= 4 is 62.0 Å². The van der Waals surface area contributed by atoms with Gasteiger partial charge in [-0.2, -0.15) is 0 Å². The van der Waals surface area contributed by atoms with Crippen LogP contribution in [0.15, 0.2) is 51.1 Å². The second kappa shape index (κ2) is 9.17. The third-order valence-electron chi connectivity index (χ3n) is 1.80. The molecule has 0 radical (unpaired) electrons. The van der Waals surface area contributed by atoms with Gasteiger partial charge >= 0.3 is 0 Å². The van der Waals surface area contributed by atoms with Crippen LogP contribution in [0.2, 0.25) is 0 Å². The summed E-state index contributed by atoms with van der Waals surface area (Å²) in [5.41, 5.74) is 0. The Morgan fingerprint density at radius 3 is 1.89 bits per heavy atom. The molecule has 0 atom stereocenters. The minimum absolute atomic E-state index is 0.898. The Hall–Kier alpha value is 0.210. The van der Waals surface area contributed by atoms with E-state index in [-0.39, 0.29) is 0 Å². The summed E-state index contributed by atoms with van der Waals surface area (Å²) < 4.78 is 1.95. The molecular formula is C12H12BrIN2S2. The highest BCUT2D eigenvalue weighted by Gasteiger charge is 1.90. The quantitative estimate of drug-likeness (QED) is 0.363. The lowest BCUT2D eigenvalue weighted by molar-refractivity contribution is 1.10. The van der Waals surface area contributed by atoms with Gasteiger partial charge in [0.1, 0.15) is 8.30 Å². The second-order valence-electron chi connectivity index (χ2n) is 3.01. The van der Waals surface area contributed by atoms with E-state index in [2.05, 4.69) is 48.5 Å². The summed E-state index contributed by atoms with van der Waals surface area (Å²) in [6, 6.07) is 11.9. The van der Waals surface area contributed by atoms with Gasteiger partial charge in [-0.05, 0) is 75.3 Å². The van der Waals surface area contributed by atoms with E-state index < -0.39 is 0 Å². The number of pyridine rings is 2. The summed E-state index contributed by atoms with van der Waals surface area (Å²) in [5, 5.41) is 2.13. The average Bonchev–Trinajstić information content (AvgIpc) is 2.39. The number of nitrogens with zero attached hydrogens (tertiary/aromatic N) is 2. The molecule has 0 aliphatic heterocycles. The highest BCUT2D eigenvalue weighted by atomic mass is 127. The van der Waals surface area contributed by atoms with Crippen molar-refractivity contribution in [3.63, 3.8) is 0 Å². The van der Waals surface area contributed by atoms with Gasteiger partial charge in [0.05, 0.1) is 10.1 Å². The smallest absolute Gasteiger partial charge is 0.107 e. The largest absolute Gasteiger partial charge is 0.236 e. The Morgan fingerprint density at radius 2 is 1.50 bits per heavy atom.